The summed E-state index contributed by atoms with van der Waals surface area (Å²) in [4.78, 5) is 8.92. The van der Waals surface area contributed by atoms with Crippen LogP contribution in [0.4, 0.5) is 0 Å². The summed E-state index contributed by atoms with van der Waals surface area (Å²) >= 11 is 0. The first kappa shape index (κ1) is 23.5. The van der Waals surface area contributed by atoms with Crippen LogP contribution in [0.3, 0.4) is 0 Å². The van der Waals surface area contributed by atoms with Gasteiger partial charge in [-0.05, 0) is 72.9 Å². The molecular formula is C30H28IrN2-2. The summed E-state index contributed by atoms with van der Waals surface area (Å²) in [5, 5.41) is 0. The number of nitrogens with zero attached hydrogens (tertiary/aromatic N) is 2. The predicted octanol–water partition coefficient (Wildman–Crippen LogP) is 7.32. The van der Waals surface area contributed by atoms with E-state index in [4.69, 9.17) is 4.98 Å². The molecule has 169 valence electrons. The van der Waals surface area contributed by atoms with Crippen molar-refractivity contribution in [1.82, 2.24) is 9.97 Å². The van der Waals surface area contributed by atoms with Crippen LogP contribution in [0.15, 0.2) is 91.3 Å². The number of hydrogen-bond acceptors (Lipinski definition) is 2. The molecule has 2 heterocycles. The van der Waals surface area contributed by atoms with Crippen molar-refractivity contribution < 1.29 is 20.1 Å². The Labute approximate surface area is 210 Å². The molecule has 3 heteroatoms. The first-order chi connectivity index (χ1) is 15.8. The maximum Gasteiger partial charge on any atom is 0.0198 e. The molecule has 33 heavy (non-hydrogen) atoms. The molecule has 3 aliphatic carbocycles. The number of hydrogen-bond donors (Lipinski definition) is 0. The molecule has 0 amide bonds. The number of pyridine rings is 2. The van der Waals surface area contributed by atoms with Crippen molar-refractivity contribution in [3.05, 3.63) is 109 Å². The molecule has 4 aromatic rings. The van der Waals surface area contributed by atoms with Gasteiger partial charge in [-0.1, -0.05) is 24.3 Å². The third kappa shape index (κ3) is 5.49. The van der Waals surface area contributed by atoms with Gasteiger partial charge in [0.2, 0.25) is 0 Å². The monoisotopic (exact) mass is 609 g/mol. The van der Waals surface area contributed by atoms with Crippen molar-refractivity contribution in [3.63, 3.8) is 0 Å². The van der Waals surface area contributed by atoms with Gasteiger partial charge in [-0.2, -0.15) is 0 Å². The van der Waals surface area contributed by atoms with E-state index in [9.17, 15) is 0 Å². The fourth-order valence-corrected chi connectivity index (χ4v) is 5.18. The average Bonchev–Trinajstić information content (AvgIpc) is 2.92. The molecule has 2 aromatic carbocycles. The Bertz CT molecular complexity index is 1050. The third-order valence-corrected chi connectivity index (χ3v) is 7.10. The third-order valence-electron chi connectivity index (χ3n) is 7.10. The molecule has 3 saturated carbocycles. The largest absolute Gasteiger partial charge is 0.305 e. The predicted molar refractivity (Wildman–Crippen MR) is 130 cm³/mol. The Kier molecular flexibility index (Phi) is 7.85. The van der Waals surface area contributed by atoms with E-state index >= 15 is 0 Å². The Morgan fingerprint density at radius 1 is 0.667 bits per heavy atom. The quantitative estimate of drug-likeness (QED) is 0.228. The Hall–Kier alpha value is -2.61. The minimum Gasteiger partial charge on any atom is -0.305 e. The van der Waals surface area contributed by atoms with E-state index in [0.717, 1.165) is 28.4 Å². The summed E-state index contributed by atoms with van der Waals surface area (Å²) in [5.74, 6) is 1.02. The second-order valence-electron chi connectivity index (χ2n) is 8.96. The molecular weight excluding hydrogens is 581 g/mol. The number of rotatable bonds is 3. The second-order valence-corrected chi connectivity index (χ2v) is 8.96. The van der Waals surface area contributed by atoms with Gasteiger partial charge in [0.05, 0.1) is 0 Å². The molecule has 2 aromatic heterocycles. The molecule has 0 atom stereocenters. The summed E-state index contributed by atoms with van der Waals surface area (Å²) < 4.78 is 0. The Morgan fingerprint density at radius 2 is 1.27 bits per heavy atom. The van der Waals surface area contributed by atoms with Crippen LogP contribution in [0, 0.1) is 18.1 Å². The number of aromatic nitrogens is 2. The van der Waals surface area contributed by atoms with Gasteiger partial charge in [0.25, 0.3) is 0 Å². The van der Waals surface area contributed by atoms with Crippen LogP contribution in [0.2, 0.25) is 0 Å². The molecule has 1 radical (unpaired) electrons. The fraction of sp³-hybridized carbons (Fsp3) is 0.267. The van der Waals surface area contributed by atoms with Gasteiger partial charge in [0, 0.05) is 32.5 Å². The van der Waals surface area contributed by atoms with E-state index in [0.29, 0.717) is 5.41 Å². The van der Waals surface area contributed by atoms with Crippen molar-refractivity contribution in [2.75, 3.05) is 0 Å². The Morgan fingerprint density at radius 3 is 1.76 bits per heavy atom. The van der Waals surface area contributed by atoms with Crippen molar-refractivity contribution >= 4 is 0 Å². The van der Waals surface area contributed by atoms with Gasteiger partial charge in [0.1, 0.15) is 0 Å². The first-order valence-electron chi connectivity index (χ1n) is 11.6. The van der Waals surface area contributed by atoms with Gasteiger partial charge in [-0.15, -0.1) is 71.8 Å². The topological polar surface area (TPSA) is 25.8 Å². The van der Waals surface area contributed by atoms with Gasteiger partial charge in [-0.3, -0.25) is 0 Å². The van der Waals surface area contributed by atoms with Gasteiger partial charge >= 0.3 is 0 Å². The van der Waals surface area contributed by atoms with E-state index in [2.05, 4.69) is 41.5 Å². The van der Waals surface area contributed by atoms with E-state index in [-0.39, 0.29) is 20.1 Å². The first-order valence-corrected chi connectivity index (χ1v) is 11.6. The summed E-state index contributed by atoms with van der Waals surface area (Å²) in [7, 11) is 0. The Balaban J connectivity index is 0.000000172. The maximum atomic E-state index is 4.70. The van der Waals surface area contributed by atoms with E-state index < -0.39 is 0 Å². The van der Waals surface area contributed by atoms with E-state index in [1.807, 2.05) is 60.7 Å². The van der Waals surface area contributed by atoms with Crippen LogP contribution >= 0.6 is 0 Å². The second kappa shape index (κ2) is 11.0. The van der Waals surface area contributed by atoms with E-state index in [1.165, 1.54) is 44.1 Å². The molecule has 3 aliphatic rings. The van der Waals surface area contributed by atoms with Crippen LogP contribution in [-0.4, -0.2) is 9.97 Å². The SMILES string of the molecule is [Ir].[c-]1ccccc1-c1ccc(C23CCC(CC2)CC3)cn1.[c-]1ccccc1-c1ccccn1. The van der Waals surface area contributed by atoms with Crippen LogP contribution in [0.1, 0.15) is 44.1 Å². The summed E-state index contributed by atoms with van der Waals surface area (Å²) in [6.07, 6.45) is 12.3. The minimum absolute atomic E-state index is 0. The number of benzene rings is 2. The normalized spacial score (nSPS) is 20.8. The summed E-state index contributed by atoms with van der Waals surface area (Å²) in [6.45, 7) is 0. The molecule has 0 spiro atoms. The van der Waals surface area contributed by atoms with Crippen molar-refractivity contribution in [2.24, 2.45) is 5.92 Å². The van der Waals surface area contributed by atoms with Gasteiger partial charge in [0.15, 0.2) is 0 Å². The van der Waals surface area contributed by atoms with E-state index in [1.54, 1.807) is 6.20 Å². The van der Waals surface area contributed by atoms with Crippen molar-refractivity contribution in [2.45, 2.75) is 43.9 Å². The molecule has 0 N–H and O–H groups in total. The zero-order valence-corrected chi connectivity index (χ0v) is 21.1. The molecule has 0 unspecified atom stereocenters. The minimum atomic E-state index is 0. The molecule has 7 rings (SSSR count). The molecule has 2 nitrogen and oxygen atoms in total. The van der Waals surface area contributed by atoms with Crippen LogP contribution in [0.5, 0.6) is 0 Å². The van der Waals surface area contributed by atoms with Gasteiger partial charge in [-0.25, -0.2) is 0 Å². The fourth-order valence-electron chi connectivity index (χ4n) is 5.18. The zero-order chi connectivity index (χ0) is 21.6. The van der Waals surface area contributed by atoms with Crippen LogP contribution in [-0.2, 0) is 25.5 Å². The maximum absolute atomic E-state index is 4.70. The molecule has 0 saturated heterocycles. The van der Waals surface area contributed by atoms with Crippen LogP contribution in [0.25, 0.3) is 22.5 Å². The smallest absolute Gasteiger partial charge is 0.0198 e. The summed E-state index contributed by atoms with van der Waals surface area (Å²) in [6, 6.07) is 32.6. The molecule has 2 bridgehead atoms. The molecule has 3 fully saturated rings. The van der Waals surface area contributed by atoms with Crippen LogP contribution < -0.4 is 0 Å². The summed E-state index contributed by atoms with van der Waals surface area (Å²) in [5.41, 5.74) is 6.05. The van der Waals surface area contributed by atoms with Gasteiger partial charge < -0.3 is 9.97 Å². The number of fused-ring (bicyclic) bond motifs is 3. The average molecular weight is 609 g/mol. The van der Waals surface area contributed by atoms with Crippen molar-refractivity contribution in [3.8, 4) is 22.5 Å². The standard InChI is InChI=1S/C19H20N.C11H8N.Ir/c1-2-4-16(5-3-1)18-7-6-17(14-20-18)19-11-8-15(9-12-19)10-13-19;1-2-6-10(7-3-1)11-8-4-5-9-12-11;/h1-4,6-7,14-15H,8-13H2;1-6,8-9H;/q2*-1;. The molecule has 0 aliphatic heterocycles. The van der Waals surface area contributed by atoms with Crippen molar-refractivity contribution in [1.29, 1.82) is 0 Å². The zero-order valence-electron chi connectivity index (χ0n) is 18.7.